The largest absolute Gasteiger partial charge is 0.494 e. The summed E-state index contributed by atoms with van der Waals surface area (Å²) in [6.45, 7) is 6.36. The van der Waals surface area contributed by atoms with Gasteiger partial charge >= 0.3 is 6.03 Å². The van der Waals surface area contributed by atoms with Crippen LogP contribution in [0.3, 0.4) is 0 Å². The van der Waals surface area contributed by atoms with E-state index < -0.39 is 23.8 Å². The van der Waals surface area contributed by atoms with Crippen molar-refractivity contribution in [1.82, 2.24) is 10.2 Å². The van der Waals surface area contributed by atoms with E-state index in [4.69, 9.17) is 4.74 Å². The number of amides is 4. The molecule has 7 nitrogen and oxygen atoms in total. The number of barbiturate groups is 1. The number of rotatable bonds is 7. The fraction of sp³-hybridized carbons (Fsp3) is 0.190. The van der Waals surface area contributed by atoms with Crippen molar-refractivity contribution in [2.24, 2.45) is 5.92 Å². The van der Waals surface area contributed by atoms with Gasteiger partial charge in [-0.1, -0.05) is 36.9 Å². The van der Waals surface area contributed by atoms with Crippen LogP contribution in [0.25, 0.3) is 0 Å². The fourth-order valence-corrected chi connectivity index (χ4v) is 2.89. The summed E-state index contributed by atoms with van der Waals surface area (Å²) in [6, 6.07) is 15.4. The van der Waals surface area contributed by atoms with Gasteiger partial charge in [-0.05, 0) is 36.8 Å². The Morgan fingerprint density at radius 3 is 2.43 bits per heavy atom. The second kappa shape index (κ2) is 8.39. The Morgan fingerprint density at radius 1 is 1.11 bits per heavy atom. The molecular weight excluding hydrogens is 358 g/mol. The first-order valence-corrected chi connectivity index (χ1v) is 8.88. The number of imide groups is 2. The molecule has 1 atom stereocenters. The van der Waals surface area contributed by atoms with Gasteiger partial charge in [-0.3, -0.25) is 19.8 Å². The Hall–Kier alpha value is -3.61. The summed E-state index contributed by atoms with van der Waals surface area (Å²) in [5.74, 6) is -1.79. The molecule has 3 rings (SSSR count). The molecule has 7 heteroatoms. The van der Waals surface area contributed by atoms with E-state index >= 15 is 0 Å². The summed E-state index contributed by atoms with van der Waals surface area (Å²) in [7, 11) is 0. The number of hydrogen-bond donors (Lipinski definition) is 2. The minimum atomic E-state index is -1.20. The van der Waals surface area contributed by atoms with Crippen LogP contribution < -0.4 is 15.4 Å². The summed E-state index contributed by atoms with van der Waals surface area (Å²) in [4.78, 5) is 38.3. The third kappa shape index (κ3) is 4.20. The van der Waals surface area contributed by atoms with Crippen LogP contribution in [0.1, 0.15) is 12.5 Å². The van der Waals surface area contributed by atoms with E-state index in [0.717, 1.165) is 10.5 Å². The van der Waals surface area contributed by atoms with E-state index in [1.807, 2.05) is 25.1 Å². The van der Waals surface area contributed by atoms with Gasteiger partial charge in [0.2, 0.25) is 11.8 Å². The van der Waals surface area contributed by atoms with Gasteiger partial charge in [-0.2, -0.15) is 0 Å². The first-order valence-electron chi connectivity index (χ1n) is 8.88. The summed E-state index contributed by atoms with van der Waals surface area (Å²) in [6.07, 6.45) is 0. The number of nitrogens with one attached hydrogen (secondary N) is 2. The number of hydrogen-bond acceptors (Lipinski definition) is 5. The predicted molar refractivity (Wildman–Crippen MR) is 104 cm³/mol. The summed E-state index contributed by atoms with van der Waals surface area (Å²) < 4.78 is 5.39. The van der Waals surface area contributed by atoms with Crippen LogP contribution in [-0.2, 0) is 16.1 Å². The van der Waals surface area contributed by atoms with Gasteiger partial charge in [0.25, 0.3) is 0 Å². The first-order chi connectivity index (χ1) is 13.5. The van der Waals surface area contributed by atoms with Gasteiger partial charge in [-0.15, -0.1) is 0 Å². The highest BCUT2D eigenvalue weighted by Crippen LogP contribution is 2.23. The predicted octanol–water partition coefficient (Wildman–Crippen LogP) is 2.91. The normalized spacial score (nSPS) is 16.5. The minimum Gasteiger partial charge on any atom is -0.494 e. The van der Waals surface area contributed by atoms with Gasteiger partial charge in [0.1, 0.15) is 5.75 Å². The zero-order chi connectivity index (χ0) is 20.1. The van der Waals surface area contributed by atoms with Crippen molar-refractivity contribution in [2.75, 3.05) is 11.9 Å². The molecule has 1 heterocycles. The van der Waals surface area contributed by atoms with Crippen LogP contribution in [0.4, 0.5) is 10.5 Å². The lowest BCUT2D eigenvalue weighted by molar-refractivity contribution is -0.141. The van der Waals surface area contributed by atoms with Crippen LogP contribution >= 0.6 is 0 Å². The highest BCUT2D eigenvalue weighted by Gasteiger charge is 2.42. The molecule has 2 aromatic rings. The van der Waals surface area contributed by atoms with Crippen LogP contribution in [0, 0.1) is 5.92 Å². The molecule has 2 N–H and O–H groups in total. The van der Waals surface area contributed by atoms with Crippen molar-refractivity contribution in [3.05, 3.63) is 72.4 Å². The van der Waals surface area contributed by atoms with E-state index in [9.17, 15) is 14.4 Å². The van der Waals surface area contributed by atoms with E-state index in [1.165, 1.54) is 0 Å². The van der Waals surface area contributed by atoms with Crippen molar-refractivity contribution in [3.63, 3.8) is 0 Å². The maximum absolute atomic E-state index is 12.8. The van der Waals surface area contributed by atoms with Gasteiger partial charge in [0.05, 0.1) is 13.2 Å². The average molecular weight is 379 g/mol. The summed E-state index contributed by atoms with van der Waals surface area (Å²) in [5.41, 5.74) is 1.63. The number of carbonyl (C=O) groups excluding carboxylic acids is 3. The van der Waals surface area contributed by atoms with Crippen LogP contribution in [0.5, 0.6) is 5.75 Å². The molecule has 0 aliphatic carbocycles. The fourth-order valence-electron chi connectivity index (χ4n) is 2.89. The lowest BCUT2D eigenvalue weighted by atomic mass is 10.0. The van der Waals surface area contributed by atoms with E-state index in [1.54, 1.807) is 36.4 Å². The molecule has 1 aliphatic heterocycles. The summed E-state index contributed by atoms with van der Waals surface area (Å²) >= 11 is 0. The highest BCUT2D eigenvalue weighted by atomic mass is 16.5. The Bertz CT molecular complexity index is 894. The van der Waals surface area contributed by atoms with Crippen molar-refractivity contribution in [2.45, 2.75) is 13.5 Å². The molecule has 1 fully saturated rings. The lowest BCUT2D eigenvalue weighted by Crippen LogP contribution is -2.58. The van der Waals surface area contributed by atoms with Crippen molar-refractivity contribution < 1.29 is 19.1 Å². The third-order valence-corrected chi connectivity index (χ3v) is 4.25. The van der Waals surface area contributed by atoms with E-state index in [-0.39, 0.29) is 12.2 Å². The van der Waals surface area contributed by atoms with Crippen molar-refractivity contribution >= 4 is 23.5 Å². The summed E-state index contributed by atoms with van der Waals surface area (Å²) in [5, 5.41) is 5.20. The molecule has 1 saturated heterocycles. The Morgan fingerprint density at radius 2 is 1.79 bits per heavy atom. The highest BCUT2D eigenvalue weighted by molar-refractivity contribution is 6.17. The Balaban J connectivity index is 1.73. The number of ether oxygens (including phenoxy) is 1. The Labute approximate surface area is 163 Å². The van der Waals surface area contributed by atoms with E-state index in [2.05, 4.69) is 17.2 Å². The third-order valence-electron chi connectivity index (χ3n) is 4.25. The second-order valence-electron chi connectivity index (χ2n) is 6.25. The number of carbonyl (C=O) groups is 3. The molecule has 144 valence electrons. The number of nitrogens with zero attached hydrogens (tertiary/aromatic N) is 1. The quantitative estimate of drug-likeness (QED) is 0.722. The smallest absolute Gasteiger partial charge is 0.331 e. The molecule has 28 heavy (non-hydrogen) atoms. The zero-order valence-electron chi connectivity index (χ0n) is 15.5. The molecule has 0 radical (unpaired) electrons. The molecular formula is C21H21N3O4. The topological polar surface area (TPSA) is 87.7 Å². The minimum absolute atomic E-state index is 0.0750. The maximum atomic E-state index is 12.8. The molecule has 0 spiro atoms. The zero-order valence-corrected chi connectivity index (χ0v) is 15.5. The van der Waals surface area contributed by atoms with Gasteiger partial charge in [-0.25, -0.2) is 4.79 Å². The molecule has 0 bridgehead atoms. The molecule has 0 unspecified atom stereocenters. The van der Waals surface area contributed by atoms with Gasteiger partial charge in [0, 0.05) is 11.4 Å². The SMILES string of the molecule is C=C(Nc1ccc(OCC)cc1)[C@@H]1C(=O)NC(=O)N(Cc2ccccc2)C1=O. The standard InChI is InChI=1S/C21H21N3O4/c1-3-28-17-11-9-16(10-12-17)22-14(2)18-19(25)23-21(27)24(20(18)26)13-15-7-5-4-6-8-15/h4-12,18,22H,2-3,13H2,1H3,(H,23,25,27)/t18-/m1/s1. The molecule has 0 aromatic heterocycles. The average Bonchev–Trinajstić information content (AvgIpc) is 2.67. The van der Waals surface area contributed by atoms with Gasteiger partial charge < -0.3 is 10.1 Å². The first kappa shape index (κ1) is 19.2. The molecule has 0 saturated carbocycles. The van der Waals surface area contributed by atoms with E-state index in [0.29, 0.717) is 18.0 Å². The van der Waals surface area contributed by atoms with Crippen LogP contribution in [0.15, 0.2) is 66.9 Å². The molecule has 4 amide bonds. The van der Waals surface area contributed by atoms with Crippen LogP contribution in [0.2, 0.25) is 0 Å². The lowest BCUT2D eigenvalue weighted by Gasteiger charge is -2.31. The van der Waals surface area contributed by atoms with Crippen LogP contribution in [-0.4, -0.2) is 29.4 Å². The number of anilines is 1. The van der Waals surface area contributed by atoms with Gasteiger partial charge in [0.15, 0.2) is 5.92 Å². The van der Waals surface area contributed by atoms with Crippen molar-refractivity contribution in [1.29, 1.82) is 0 Å². The molecule has 2 aromatic carbocycles. The monoisotopic (exact) mass is 379 g/mol. The number of urea groups is 1. The second-order valence-corrected chi connectivity index (χ2v) is 6.25. The van der Waals surface area contributed by atoms with Crippen molar-refractivity contribution in [3.8, 4) is 5.75 Å². The Kier molecular flexibility index (Phi) is 5.74. The maximum Gasteiger partial charge on any atom is 0.331 e. The molecule has 1 aliphatic rings. The number of benzene rings is 2.